The minimum absolute atomic E-state index is 0.0375. The van der Waals surface area contributed by atoms with Crippen LogP contribution in [0.2, 0.25) is 0 Å². The first-order valence-electron chi connectivity index (χ1n) is 6.12. The second kappa shape index (κ2) is 4.88. The summed E-state index contributed by atoms with van der Waals surface area (Å²) in [5.74, 6) is 0.0375. The van der Waals surface area contributed by atoms with Gasteiger partial charge in [-0.3, -0.25) is 4.79 Å². The zero-order valence-electron chi connectivity index (χ0n) is 10.4. The van der Waals surface area contributed by atoms with Gasteiger partial charge >= 0.3 is 0 Å². The molecule has 1 amide bonds. The van der Waals surface area contributed by atoms with E-state index in [0.717, 1.165) is 36.1 Å². The number of hydrogen-bond donors (Lipinski definition) is 1. The lowest BCUT2D eigenvalue weighted by Crippen LogP contribution is -2.42. The van der Waals surface area contributed by atoms with Crippen LogP contribution in [-0.2, 0) is 0 Å². The number of rotatable bonds is 1. The van der Waals surface area contributed by atoms with E-state index < -0.39 is 0 Å². The maximum Gasteiger partial charge on any atom is 0.253 e. The molecule has 1 heterocycles. The second-order valence-corrected chi connectivity index (χ2v) is 4.92. The van der Waals surface area contributed by atoms with Crippen molar-refractivity contribution in [2.24, 2.45) is 0 Å². The molecule has 0 saturated carbocycles. The van der Waals surface area contributed by atoms with Gasteiger partial charge in [0.2, 0.25) is 0 Å². The molecule has 1 saturated heterocycles. The van der Waals surface area contributed by atoms with Crippen LogP contribution in [0, 0.1) is 13.8 Å². The number of nitrogens with zero attached hydrogens (tertiary/aromatic N) is 1. The molecule has 1 N–H and O–H groups in total. The molecular formula is C14H19NO2. The van der Waals surface area contributed by atoms with Gasteiger partial charge < -0.3 is 10.0 Å². The topological polar surface area (TPSA) is 40.5 Å². The van der Waals surface area contributed by atoms with E-state index in [2.05, 4.69) is 6.07 Å². The maximum atomic E-state index is 12.3. The van der Waals surface area contributed by atoms with Crippen LogP contribution in [0.1, 0.15) is 34.3 Å². The highest BCUT2D eigenvalue weighted by atomic mass is 16.3. The summed E-state index contributed by atoms with van der Waals surface area (Å²) in [6.07, 6.45) is 1.33. The van der Waals surface area contributed by atoms with Gasteiger partial charge in [-0.1, -0.05) is 17.2 Å². The van der Waals surface area contributed by atoms with E-state index in [1.165, 1.54) is 0 Å². The molecule has 1 aromatic rings. The molecule has 1 unspecified atom stereocenters. The van der Waals surface area contributed by atoms with Crippen molar-refractivity contribution in [3.05, 3.63) is 34.9 Å². The maximum absolute atomic E-state index is 12.3. The number of amides is 1. The van der Waals surface area contributed by atoms with Crippen molar-refractivity contribution in [1.82, 2.24) is 4.90 Å². The Bertz CT molecular complexity index is 408. The molecule has 3 nitrogen and oxygen atoms in total. The largest absolute Gasteiger partial charge is 0.391 e. The Morgan fingerprint density at radius 3 is 2.53 bits per heavy atom. The van der Waals surface area contributed by atoms with Crippen molar-refractivity contribution in [3.63, 3.8) is 0 Å². The standard InChI is InChI=1S/C14H19NO2/c1-10-6-11(2)8-12(7-10)14(17)15-5-3-4-13(16)9-15/h6-8,13,16H,3-5,9H2,1-2H3. The van der Waals surface area contributed by atoms with Crippen molar-refractivity contribution in [3.8, 4) is 0 Å². The fourth-order valence-electron chi connectivity index (χ4n) is 2.42. The van der Waals surface area contributed by atoms with Crippen LogP contribution in [0.25, 0.3) is 0 Å². The van der Waals surface area contributed by atoms with Crippen LogP contribution >= 0.6 is 0 Å². The van der Waals surface area contributed by atoms with Crippen molar-refractivity contribution < 1.29 is 9.90 Å². The lowest BCUT2D eigenvalue weighted by molar-refractivity contribution is 0.0473. The molecule has 0 radical (unpaired) electrons. The number of piperidine rings is 1. The van der Waals surface area contributed by atoms with Crippen molar-refractivity contribution in [2.75, 3.05) is 13.1 Å². The summed E-state index contributed by atoms with van der Waals surface area (Å²) in [6.45, 7) is 5.21. The molecule has 0 bridgehead atoms. The number of aliphatic hydroxyl groups excluding tert-OH is 1. The van der Waals surface area contributed by atoms with Crippen LogP contribution < -0.4 is 0 Å². The number of benzene rings is 1. The SMILES string of the molecule is Cc1cc(C)cc(C(=O)N2CCCC(O)C2)c1. The van der Waals surface area contributed by atoms with Gasteiger partial charge in [0.1, 0.15) is 0 Å². The van der Waals surface area contributed by atoms with Crippen LogP contribution in [0.4, 0.5) is 0 Å². The normalized spacial score (nSPS) is 20.4. The van der Waals surface area contributed by atoms with Gasteiger partial charge in [0.15, 0.2) is 0 Å². The smallest absolute Gasteiger partial charge is 0.253 e. The number of aryl methyl sites for hydroxylation is 2. The van der Waals surface area contributed by atoms with E-state index in [0.29, 0.717) is 6.54 Å². The summed E-state index contributed by atoms with van der Waals surface area (Å²) in [7, 11) is 0. The molecule has 0 aliphatic carbocycles. The van der Waals surface area contributed by atoms with E-state index in [-0.39, 0.29) is 12.0 Å². The first kappa shape index (κ1) is 12.1. The lowest BCUT2D eigenvalue weighted by Gasteiger charge is -2.30. The molecule has 1 aliphatic rings. The molecule has 1 fully saturated rings. The van der Waals surface area contributed by atoms with E-state index in [4.69, 9.17) is 0 Å². The van der Waals surface area contributed by atoms with Gasteiger partial charge in [-0.25, -0.2) is 0 Å². The predicted molar refractivity (Wildman–Crippen MR) is 67.1 cm³/mol. The van der Waals surface area contributed by atoms with Crippen LogP contribution in [0.5, 0.6) is 0 Å². The quantitative estimate of drug-likeness (QED) is 0.804. The Morgan fingerprint density at radius 2 is 1.94 bits per heavy atom. The summed E-state index contributed by atoms with van der Waals surface area (Å²) in [4.78, 5) is 14.0. The first-order chi connectivity index (χ1) is 8.06. The minimum Gasteiger partial charge on any atom is -0.391 e. The highest BCUT2D eigenvalue weighted by Crippen LogP contribution is 2.16. The van der Waals surface area contributed by atoms with Crippen LogP contribution in [-0.4, -0.2) is 35.1 Å². The average molecular weight is 233 g/mol. The van der Waals surface area contributed by atoms with Crippen molar-refractivity contribution in [1.29, 1.82) is 0 Å². The molecular weight excluding hydrogens is 214 g/mol. The molecule has 1 atom stereocenters. The third-order valence-electron chi connectivity index (χ3n) is 3.15. The second-order valence-electron chi connectivity index (χ2n) is 4.92. The number of likely N-dealkylation sites (tertiary alicyclic amines) is 1. The summed E-state index contributed by atoms with van der Waals surface area (Å²) in [5, 5.41) is 9.59. The molecule has 2 rings (SSSR count). The monoisotopic (exact) mass is 233 g/mol. The van der Waals surface area contributed by atoms with Gasteiger partial charge in [0.05, 0.1) is 6.10 Å². The fourth-order valence-corrected chi connectivity index (χ4v) is 2.42. The van der Waals surface area contributed by atoms with Gasteiger partial charge in [-0.05, 0) is 38.8 Å². The zero-order valence-corrected chi connectivity index (χ0v) is 10.4. The minimum atomic E-state index is -0.362. The molecule has 3 heteroatoms. The first-order valence-corrected chi connectivity index (χ1v) is 6.12. The highest BCUT2D eigenvalue weighted by molar-refractivity contribution is 5.94. The number of aliphatic hydroxyl groups is 1. The summed E-state index contributed by atoms with van der Waals surface area (Å²) < 4.78 is 0. The van der Waals surface area contributed by atoms with Gasteiger partial charge in [0, 0.05) is 18.7 Å². The third kappa shape index (κ3) is 2.86. The van der Waals surface area contributed by atoms with Gasteiger partial charge in [-0.15, -0.1) is 0 Å². The van der Waals surface area contributed by atoms with Crippen molar-refractivity contribution in [2.45, 2.75) is 32.8 Å². The predicted octanol–water partition coefficient (Wildman–Crippen LogP) is 1.90. The Labute approximate surface area is 102 Å². The lowest BCUT2D eigenvalue weighted by atomic mass is 10.0. The molecule has 92 valence electrons. The van der Waals surface area contributed by atoms with Crippen molar-refractivity contribution >= 4 is 5.91 Å². The van der Waals surface area contributed by atoms with Crippen LogP contribution in [0.3, 0.4) is 0 Å². The number of hydrogen-bond acceptors (Lipinski definition) is 2. The Balaban J connectivity index is 2.18. The molecule has 1 aliphatic heterocycles. The Hall–Kier alpha value is -1.35. The number of carbonyl (C=O) groups excluding carboxylic acids is 1. The fraction of sp³-hybridized carbons (Fsp3) is 0.500. The van der Waals surface area contributed by atoms with E-state index >= 15 is 0 Å². The molecule has 0 aromatic heterocycles. The van der Waals surface area contributed by atoms with E-state index in [9.17, 15) is 9.90 Å². The molecule has 1 aromatic carbocycles. The Morgan fingerprint density at radius 1 is 1.29 bits per heavy atom. The summed E-state index contributed by atoms with van der Waals surface area (Å²) >= 11 is 0. The molecule has 0 spiro atoms. The summed E-state index contributed by atoms with van der Waals surface area (Å²) in [5.41, 5.74) is 2.94. The van der Waals surface area contributed by atoms with Gasteiger partial charge in [0.25, 0.3) is 5.91 Å². The third-order valence-corrected chi connectivity index (χ3v) is 3.15. The average Bonchev–Trinajstić information content (AvgIpc) is 2.26. The highest BCUT2D eigenvalue weighted by Gasteiger charge is 2.23. The van der Waals surface area contributed by atoms with Gasteiger partial charge in [-0.2, -0.15) is 0 Å². The van der Waals surface area contributed by atoms with Crippen LogP contribution in [0.15, 0.2) is 18.2 Å². The van der Waals surface area contributed by atoms with E-state index in [1.807, 2.05) is 26.0 Å². The Kier molecular flexibility index (Phi) is 3.48. The number of carbonyl (C=O) groups is 1. The number of β-amino-alcohol motifs (C(OH)–C–C–N with tert-alkyl or cyclic N) is 1. The zero-order chi connectivity index (χ0) is 12.4. The van der Waals surface area contributed by atoms with E-state index in [1.54, 1.807) is 4.90 Å². The summed E-state index contributed by atoms with van der Waals surface area (Å²) in [6, 6.07) is 5.88. The molecule has 17 heavy (non-hydrogen) atoms.